The van der Waals surface area contributed by atoms with Crippen LogP contribution in [0.15, 0.2) is 0 Å². The molecule has 0 unspecified atom stereocenters. The number of rotatable bonds is 8. The van der Waals surface area contributed by atoms with Gasteiger partial charge >= 0.3 is 6.18 Å². The minimum atomic E-state index is -4.41. The van der Waals surface area contributed by atoms with Crippen LogP contribution in [0, 0.1) is 0 Å². The van der Waals surface area contributed by atoms with E-state index in [2.05, 4.69) is 11.8 Å². The molecular weight excluding hydrogens is 223 g/mol. The summed E-state index contributed by atoms with van der Waals surface area (Å²) < 4.78 is 34.9. The van der Waals surface area contributed by atoms with Crippen LogP contribution in [-0.4, -0.2) is 18.7 Å². The Hall–Kier alpha value is -0.780. The molecule has 0 aliphatic rings. The van der Waals surface area contributed by atoms with Crippen molar-refractivity contribution in [3.05, 3.63) is 0 Å². The number of alkyl halides is 3. The summed E-state index contributed by atoms with van der Waals surface area (Å²) in [4.78, 5) is 15.0. The van der Waals surface area contributed by atoms with Crippen molar-refractivity contribution >= 4 is 5.91 Å². The van der Waals surface area contributed by atoms with Gasteiger partial charge in [0.1, 0.15) is 0 Å². The average Bonchev–Trinajstić information content (AvgIpc) is 2.15. The first kappa shape index (κ1) is 15.2. The summed E-state index contributed by atoms with van der Waals surface area (Å²) in [5, 5.41) is 0. The molecule has 0 aliphatic heterocycles. The Kier molecular flexibility index (Phi) is 7.97. The summed E-state index contributed by atoms with van der Waals surface area (Å²) in [5.41, 5.74) is 1.77. The highest BCUT2D eigenvalue weighted by Crippen LogP contribution is 2.13. The highest BCUT2D eigenvalue weighted by atomic mass is 19.4. The van der Waals surface area contributed by atoms with E-state index in [4.69, 9.17) is 0 Å². The molecule has 96 valence electrons. The molecule has 0 aromatic heterocycles. The summed E-state index contributed by atoms with van der Waals surface area (Å²) in [6, 6.07) is 0. The highest BCUT2D eigenvalue weighted by molar-refractivity contribution is 5.74. The largest absolute Gasteiger partial charge is 0.414 e. The van der Waals surface area contributed by atoms with Crippen molar-refractivity contribution in [1.82, 2.24) is 5.48 Å². The Morgan fingerprint density at radius 1 is 1.19 bits per heavy atom. The molecule has 0 heterocycles. The first-order valence-corrected chi connectivity index (χ1v) is 5.43. The SMILES string of the molecule is CCCCCCCC(=O)NOCC(F)(F)F. The fourth-order valence-electron chi connectivity index (χ4n) is 1.14. The molecule has 1 amide bonds. The Labute approximate surface area is 93.3 Å². The molecule has 0 aromatic rings. The molecule has 0 saturated heterocycles. The molecule has 1 N–H and O–H groups in total. The number of nitrogens with one attached hydrogen (secondary N) is 1. The van der Waals surface area contributed by atoms with E-state index in [1.807, 2.05) is 0 Å². The summed E-state index contributed by atoms with van der Waals surface area (Å²) in [6.45, 7) is 0.631. The predicted octanol–water partition coefficient (Wildman–Crippen LogP) is 2.96. The maximum Gasteiger partial charge on any atom is 0.414 e. The van der Waals surface area contributed by atoms with E-state index in [0.717, 1.165) is 25.7 Å². The predicted molar refractivity (Wildman–Crippen MR) is 53.5 cm³/mol. The second-order valence-corrected chi connectivity index (χ2v) is 3.59. The van der Waals surface area contributed by atoms with Gasteiger partial charge in [-0.05, 0) is 6.42 Å². The number of unbranched alkanes of at least 4 members (excludes halogenated alkanes) is 4. The second kappa shape index (κ2) is 8.38. The lowest BCUT2D eigenvalue weighted by atomic mass is 10.1. The van der Waals surface area contributed by atoms with E-state index in [1.54, 1.807) is 5.48 Å². The molecule has 3 nitrogen and oxygen atoms in total. The fourth-order valence-corrected chi connectivity index (χ4v) is 1.14. The molecule has 0 atom stereocenters. The Morgan fingerprint density at radius 3 is 2.38 bits per heavy atom. The molecule has 0 fully saturated rings. The molecule has 6 heteroatoms. The lowest BCUT2D eigenvalue weighted by Gasteiger charge is -2.08. The standard InChI is InChI=1S/C10H18F3NO2/c1-2-3-4-5-6-7-9(15)14-16-8-10(11,12)13/h2-8H2,1H3,(H,14,15). The zero-order chi connectivity index (χ0) is 12.4. The van der Waals surface area contributed by atoms with Crippen molar-refractivity contribution in [2.45, 2.75) is 51.6 Å². The van der Waals surface area contributed by atoms with Crippen molar-refractivity contribution in [3.63, 3.8) is 0 Å². The topological polar surface area (TPSA) is 38.3 Å². The first-order chi connectivity index (χ1) is 7.45. The first-order valence-electron chi connectivity index (χ1n) is 5.43. The number of hydrogen-bond donors (Lipinski definition) is 1. The van der Waals surface area contributed by atoms with Crippen molar-refractivity contribution < 1.29 is 22.8 Å². The van der Waals surface area contributed by atoms with Gasteiger partial charge in [-0.25, -0.2) is 5.48 Å². The van der Waals surface area contributed by atoms with Gasteiger partial charge < -0.3 is 0 Å². The zero-order valence-electron chi connectivity index (χ0n) is 9.40. The van der Waals surface area contributed by atoms with Crippen LogP contribution in [0.1, 0.15) is 45.4 Å². The van der Waals surface area contributed by atoms with Gasteiger partial charge in [-0.1, -0.05) is 32.6 Å². The average molecular weight is 241 g/mol. The second-order valence-electron chi connectivity index (χ2n) is 3.59. The van der Waals surface area contributed by atoms with Crippen LogP contribution >= 0.6 is 0 Å². The summed E-state index contributed by atoms with van der Waals surface area (Å²) in [7, 11) is 0. The Morgan fingerprint density at radius 2 is 1.81 bits per heavy atom. The van der Waals surface area contributed by atoms with Crippen LogP contribution in [0.25, 0.3) is 0 Å². The van der Waals surface area contributed by atoms with Gasteiger partial charge in [-0.2, -0.15) is 13.2 Å². The third-order valence-corrected chi connectivity index (χ3v) is 1.93. The molecule has 0 rings (SSSR count). The van der Waals surface area contributed by atoms with Crippen LogP contribution < -0.4 is 5.48 Å². The van der Waals surface area contributed by atoms with E-state index in [9.17, 15) is 18.0 Å². The summed E-state index contributed by atoms with van der Waals surface area (Å²) in [6.07, 6.45) is 0.679. The molecule has 0 bridgehead atoms. The number of halogens is 3. The molecule has 0 aromatic carbocycles. The number of carbonyl (C=O) groups is 1. The quantitative estimate of drug-likeness (QED) is 0.524. The van der Waals surface area contributed by atoms with Gasteiger partial charge in [-0.3, -0.25) is 9.63 Å². The number of carbonyl (C=O) groups excluding carboxylic acids is 1. The van der Waals surface area contributed by atoms with Crippen molar-refractivity contribution in [3.8, 4) is 0 Å². The van der Waals surface area contributed by atoms with E-state index >= 15 is 0 Å². The van der Waals surface area contributed by atoms with Crippen molar-refractivity contribution in [1.29, 1.82) is 0 Å². The van der Waals surface area contributed by atoms with Gasteiger partial charge in [0, 0.05) is 6.42 Å². The van der Waals surface area contributed by atoms with Crippen LogP contribution in [0.2, 0.25) is 0 Å². The number of hydroxylamine groups is 1. The van der Waals surface area contributed by atoms with E-state index in [0.29, 0.717) is 6.42 Å². The summed E-state index contributed by atoms with van der Waals surface area (Å²) in [5.74, 6) is -0.499. The normalized spacial score (nSPS) is 11.5. The van der Waals surface area contributed by atoms with Crippen LogP contribution in [0.5, 0.6) is 0 Å². The molecule has 0 spiro atoms. The van der Waals surface area contributed by atoms with Crippen LogP contribution in [0.3, 0.4) is 0 Å². The Balaban J connectivity index is 3.32. The monoisotopic (exact) mass is 241 g/mol. The highest BCUT2D eigenvalue weighted by Gasteiger charge is 2.28. The van der Waals surface area contributed by atoms with Crippen LogP contribution in [-0.2, 0) is 9.63 Å². The zero-order valence-corrected chi connectivity index (χ0v) is 9.40. The van der Waals surface area contributed by atoms with E-state index in [-0.39, 0.29) is 6.42 Å². The molecular formula is C10H18F3NO2. The fraction of sp³-hybridized carbons (Fsp3) is 0.900. The number of hydrogen-bond acceptors (Lipinski definition) is 2. The van der Waals surface area contributed by atoms with Gasteiger partial charge in [0.2, 0.25) is 5.91 Å². The minimum absolute atomic E-state index is 0.210. The van der Waals surface area contributed by atoms with E-state index in [1.165, 1.54) is 0 Å². The third-order valence-electron chi connectivity index (χ3n) is 1.93. The maximum absolute atomic E-state index is 11.6. The maximum atomic E-state index is 11.6. The molecule has 0 saturated carbocycles. The lowest BCUT2D eigenvalue weighted by Crippen LogP contribution is -2.29. The molecule has 16 heavy (non-hydrogen) atoms. The minimum Gasteiger partial charge on any atom is -0.273 e. The van der Waals surface area contributed by atoms with Crippen molar-refractivity contribution in [2.24, 2.45) is 0 Å². The summed E-state index contributed by atoms with van der Waals surface area (Å²) >= 11 is 0. The van der Waals surface area contributed by atoms with Crippen molar-refractivity contribution in [2.75, 3.05) is 6.61 Å². The molecule has 0 aliphatic carbocycles. The lowest BCUT2D eigenvalue weighted by molar-refractivity contribution is -0.191. The smallest absolute Gasteiger partial charge is 0.273 e. The number of amides is 1. The van der Waals surface area contributed by atoms with Gasteiger partial charge in [0.25, 0.3) is 0 Å². The van der Waals surface area contributed by atoms with Gasteiger partial charge in [-0.15, -0.1) is 0 Å². The molecule has 0 radical (unpaired) electrons. The van der Waals surface area contributed by atoms with Gasteiger partial charge in [0.05, 0.1) is 0 Å². The Bertz CT molecular complexity index is 195. The van der Waals surface area contributed by atoms with E-state index < -0.39 is 18.7 Å². The van der Waals surface area contributed by atoms with Gasteiger partial charge in [0.15, 0.2) is 6.61 Å². The van der Waals surface area contributed by atoms with Crippen LogP contribution in [0.4, 0.5) is 13.2 Å². The third kappa shape index (κ3) is 11.3.